The summed E-state index contributed by atoms with van der Waals surface area (Å²) >= 11 is 0. The molecular formula is C15H22N2O4. The van der Waals surface area contributed by atoms with Gasteiger partial charge in [-0.1, -0.05) is 6.92 Å². The number of carbonyl (C=O) groups is 1. The first kappa shape index (κ1) is 15.4. The van der Waals surface area contributed by atoms with Gasteiger partial charge in [0.25, 0.3) is 0 Å². The summed E-state index contributed by atoms with van der Waals surface area (Å²) in [6.07, 6.45) is 0. The molecule has 1 aliphatic rings. The van der Waals surface area contributed by atoms with Gasteiger partial charge < -0.3 is 24.8 Å². The second-order valence-electron chi connectivity index (χ2n) is 5.10. The molecule has 0 aliphatic carbocycles. The number of amides is 1. The van der Waals surface area contributed by atoms with E-state index in [9.17, 15) is 4.79 Å². The van der Waals surface area contributed by atoms with E-state index >= 15 is 0 Å². The average molecular weight is 294 g/mol. The zero-order valence-corrected chi connectivity index (χ0v) is 12.9. The van der Waals surface area contributed by atoms with Crippen LogP contribution in [0.5, 0.6) is 17.2 Å². The smallest absolute Gasteiger partial charge is 0.227 e. The van der Waals surface area contributed by atoms with Crippen molar-refractivity contribution in [1.82, 2.24) is 5.32 Å². The summed E-state index contributed by atoms with van der Waals surface area (Å²) in [6.45, 7) is 3.71. The van der Waals surface area contributed by atoms with Crippen molar-refractivity contribution < 1.29 is 19.0 Å². The molecule has 1 aliphatic heterocycles. The lowest BCUT2D eigenvalue weighted by molar-refractivity contribution is -0.121. The first-order valence-corrected chi connectivity index (χ1v) is 6.92. The molecule has 1 saturated heterocycles. The van der Waals surface area contributed by atoms with Crippen molar-refractivity contribution in [2.45, 2.75) is 6.92 Å². The molecule has 6 heteroatoms. The van der Waals surface area contributed by atoms with Gasteiger partial charge in [0.05, 0.1) is 27.0 Å². The Morgan fingerprint density at radius 2 is 1.71 bits per heavy atom. The van der Waals surface area contributed by atoms with E-state index in [1.807, 2.05) is 6.92 Å². The molecule has 2 rings (SSSR count). The van der Waals surface area contributed by atoms with Crippen LogP contribution in [-0.2, 0) is 4.79 Å². The third-order valence-electron chi connectivity index (χ3n) is 3.90. The first-order chi connectivity index (χ1) is 10.1. The van der Waals surface area contributed by atoms with Crippen LogP contribution in [0.15, 0.2) is 12.1 Å². The number of nitrogens with one attached hydrogen (secondary N) is 2. The van der Waals surface area contributed by atoms with Gasteiger partial charge in [-0.15, -0.1) is 0 Å². The molecule has 6 nitrogen and oxygen atoms in total. The maximum atomic E-state index is 12.3. The van der Waals surface area contributed by atoms with E-state index in [-0.39, 0.29) is 11.8 Å². The van der Waals surface area contributed by atoms with E-state index in [1.54, 1.807) is 33.5 Å². The topological polar surface area (TPSA) is 68.8 Å². The number of carbonyl (C=O) groups excluding carboxylic acids is 1. The summed E-state index contributed by atoms with van der Waals surface area (Å²) < 4.78 is 15.8. The standard InChI is InChI=1S/C15H22N2O4/c1-9(10-7-16-8-10)15(18)17-11-5-13(20-3)14(21-4)6-12(11)19-2/h5-6,9-10,16H,7-8H2,1-4H3,(H,17,18). The largest absolute Gasteiger partial charge is 0.494 e. The minimum absolute atomic E-state index is 0.0213. The van der Waals surface area contributed by atoms with Crippen molar-refractivity contribution >= 4 is 11.6 Å². The summed E-state index contributed by atoms with van der Waals surface area (Å²) in [5.41, 5.74) is 0.583. The van der Waals surface area contributed by atoms with Crippen LogP contribution in [0.2, 0.25) is 0 Å². The average Bonchev–Trinajstić information content (AvgIpc) is 2.44. The molecule has 116 valence electrons. The van der Waals surface area contributed by atoms with E-state index in [4.69, 9.17) is 14.2 Å². The van der Waals surface area contributed by atoms with Gasteiger partial charge in [-0.3, -0.25) is 4.79 Å². The lowest BCUT2D eigenvalue weighted by Crippen LogP contribution is -2.48. The highest BCUT2D eigenvalue weighted by Gasteiger charge is 2.29. The van der Waals surface area contributed by atoms with E-state index in [0.29, 0.717) is 28.9 Å². The van der Waals surface area contributed by atoms with Crippen molar-refractivity contribution in [2.24, 2.45) is 11.8 Å². The van der Waals surface area contributed by atoms with Crippen LogP contribution in [0.25, 0.3) is 0 Å². The molecule has 1 unspecified atom stereocenters. The Kier molecular flexibility index (Phi) is 4.90. The number of rotatable bonds is 6. The summed E-state index contributed by atoms with van der Waals surface area (Å²) in [5, 5.41) is 6.08. The van der Waals surface area contributed by atoms with Crippen molar-refractivity contribution in [3.05, 3.63) is 12.1 Å². The Morgan fingerprint density at radius 1 is 1.14 bits per heavy atom. The van der Waals surface area contributed by atoms with Crippen LogP contribution in [0.4, 0.5) is 5.69 Å². The van der Waals surface area contributed by atoms with Crippen LogP contribution in [0.1, 0.15) is 6.92 Å². The third-order valence-corrected chi connectivity index (χ3v) is 3.90. The van der Waals surface area contributed by atoms with E-state index in [0.717, 1.165) is 13.1 Å². The zero-order valence-electron chi connectivity index (χ0n) is 12.9. The van der Waals surface area contributed by atoms with E-state index in [2.05, 4.69) is 10.6 Å². The molecular weight excluding hydrogens is 272 g/mol. The second-order valence-corrected chi connectivity index (χ2v) is 5.10. The van der Waals surface area contributed by atoms with Gasteiger partial charge in [0.15, 0.2) is 11.5 Å². The van der Waals surface area contributed by atoms with E-state index in [1.165, 1.54) is 0 Å². The number of hydrogen-bond donors (Lipinski definition) is 2. The predicted octanol–water partition coefficient (Wildman–Crippen LogP) is 1.51. The van der Waals surface area contributed by atoms with Gasteiger partial charge in [0, 0.05) is 18.1 Å². The highest BCUT2D eigenvalue weighted by atomic mass is 16.5. The quantitative estimate of drug-likeness (QED) is 0.832. The highest BCUT2D eigenvalue weighted by molar-refractivity contribution is 5.94. The fraction of sp³-hybridized carbons (Fsp3) is 0.533. The normalized spacial score (nSPS) is 15.8. The second kappa shape index (κ2) is 6.67. The first-order valence-electron chi connectivity index (χ1n) is 6.92. The maximum absolute atomic E-state index is 12.3. The minimum Gasteiger partial charge on any atom is -0.494 e. The lowest BCUT2D eigenvalue weighted by Gasteiger charge is -2.31. The van der Waals surface area contributed by atoms with Crippen molar-refractivity contribution in [3.63, 3.8) is 0 Å². The molecule has 2 N–H and O–H groups in total. The molecule has 1 heterocycles. The minimum atomic E-state index is -0.0518. The maximum Gasteiger partial charge on any atom is 0.227 e. The lowest BCUT2D eigenvalue weighted by atomic mass is 9.88. The van der Waals surface area contributed by atoms with Gasteiger partial charge in [0.2, 0.25) is 5.91 Å². The molecule has 21 heavy (non-hydrogen) atoms. The molecule has 1 atom stereocenters. The summed E-state index contributed by atoms with van der Waals surface area (Å²) in [5.74, 6) is 1.96. The van der Waals surface area contributed by atoms with Crippen molar-refractivity contribution in [1.29, 1.82) is 0 Å². The molecule has 1 fully saturated rings. The van der Waals surface area contributed by atoms with Crippen LogP contribution in [0.3, 0.4) is 0 Å². The number of benzene rings is 1. The number of ether oxygens (including phenoxy) is 3. The van der Waals surface area contributed by atoms with Crippen molar-refractivity contribution in [2.75, 3.05) is 39.7 Å². The number of methoxy groups -OCH3 is 3. The van der Waals surface area contributed by atoms with Crippen LogP contribution >= 0.6 is 0 Å². The fourth-order valence-electron chi connectivity index (χ4n) is 2.25. The van der Waals surface area contributed by atoms with Gasteiger partial charge in [0.1, 0.15) is 5.75 Å². The third kappa shape index (κ3) is 3.21. The Balaban J connectivity index is 2.19. The summed E-state index contributed by atoms with van der Waals surface area (Å²) in [7, 11) is 4.66. The zero-order chi connectivity index (χ0) is 15.4. The molecule has 0 radical (unpaired) electrons. The fourth-order valence-corrected chi connectivity index (χ4v) is 2.25. The summed E-state index contributed by atoms with van der Waals surface area (Å²) in [4.78, 5) is 12.3. The van der Waals surface area contributed by atoms with Gasteiger partial charge in [-0.05, 0) is 19.0 Å². The van der Waals surface area contributed by atoms with Crippen LogP contribution in [0, 0.1) is 11.8 Å². The van der Waals surface area contributed by atoms with Gasteiger partial charge >= 0.3 is 0 Å². The Hall–Kier alpha value is -1.95. The molecule has 1 aromatic rings. The molecule has 1 aromatic carbocycles. The Morgan fingerprint density at radius 3 is 2.19 bits per heavy atom. The number of hydrogen-bond acceptors (Lipinski definition) is 5. The molecule has 0 aromatic heterocycles. The SMILES string of the molecule is COc1cc(OC)c(OC)cc1NC(=O)C(C)C1CNC1. The Labute approximate surface area is 124 Å². The Bertz CT molecular complexity index is 515. The molecule has 0 saturated carbocycles. The van der Waals surface area contributed by atoms with Gasteiger partial charge in [-0.2, -0.15) is 0 Å². The highest BCUT2D eigenvalue weighted by Crippen LogP contribution is 2.38. The van der Waals surface area contributed by atoms with Crippen LogP contribution < -0.4 is 24.8 Å². The summed E-state index contributed by atoms with van der Waals surface area (Å²) in [6, 6.07) is 3.41. The molecule has 0 spiro atoms. The predicted molar refractivity (Wildman–Crippen MR) is 80.3 cm³/mol. The monoisotopic (exact) mass is 294 g/mol. The van der Waals surface area contributed by atoms with Crippen LogP contribution in [-0.4, -0.2) is 40.3 Å². The van der Waals surface area contributed by atoms with E-state index < -0.39 is 0 Å². The molecule has 1 amide bonds. The van der Waals surface area contributed by atoms with Crippen molar-refractivity contribution in [3.8, 4) is 17.2 Å². The molecule has 0 bridgehead atoms. The number of anilines is 1. The van der Waals surface area contributed by atoms with Gasteiger partial charge in [-0.25, -0.2) is 0 Å².